The molecule has 2 aromatic heterocycles. The Labute approximate surface area is 168 Å². The fourth-order valence-electron chi connectivity index (χ4n) is 4.64. The Hall–Kier alpha value is -2.35. The number of fused-ring (bicyclic) bond motifs is 1. The van der Waals surface area contributed by atoms with Crippen LogP contribution >= 0.6 is 11.6 Å². The van der Waals surface area contributed by atoms with Crippen molar-refractivity contribution in [1.29, 1.82) is 0 Å². The van der Waals surface area contributed by atoms with E-state index in [0.717, 1.165) is 50.7 Å². The highest BCUT2D eigenvalue weighted by Gasteiger charge is 2.59. The van der Waals surface area contributed by atoms with Crippen LogP contribution in [0.15, 0.2) is 18.5 Å². The summed E-state index contributed by atoms with van der Waals surface area (Å²) in [7, 11) is 0. The van der Waals surface area contributed by atoms with Crippen LogP contribution < -0.4 is 10.2 Å². The normalized spacial score (nSPS) is 29.2. The standard InChI is InChI=1S/C19H24ClN7O/c1-18-8-26(9-19(18,2)11-27(10-18)16(28)12-3-4-12)15-13(20)7-21-17(24-15)23-14-5-6-22-25-14/h5-7,12H,3-4,8-11H2,1-2H3,(H2,21,22,23,24,25)/t18-,19+. The molecule has 0 aromatic carbocycles. The molecule has 0 unspecified atom stereocenters. The summed E-state index contributed by atoms with van der Waals surface area (Å²) in [5, 5.41) is 10.4. The third kappa shape index (κ3) is 2.82. The number of carbonyl (C=O) groups excluding carboxylic acids is 1. The molecule has 0 spiro atoms. The zero-order valence-corrected chi connectivity index (χ0v) is 16.8. The van der Waals surface area contributed by atoms with Gasteiger partial charge in [0.25, 0.3) is 0 Å². The molecule has 9 heteroatoms. The van der Waals surface area contributed by atoms with Crippen LogP contribution in [0.1, 0.15) is 26.7 Å². The summed E-state index contributed by atoms with van der Waals surface area (Å²) in [6, 6.07) is 1.81. The molecular weight excluding hydrogens is 378 g/mol. The van der Waals surface area contributed by atoms with E-state index in [9.17, 15) is 4.79 Å². The van der Waals surface area contributed by atoms with E-state index in [1.54, 1.807) is 12.4 Å². The Balaban J connectivity index is 1.37. The number of hydrogen-bond donors (Lipinski definition) is 2. The number of halogens is 1. The third-order valence-electron chi connectivity index (χ3n) is 6.63. The van der Waals surface area contributed by atoms with Crippen LogP contribution in [0.2, 0.25) is 5.02 Å². The Morgan fingerprint density at radius 3 is 2.57 bits per heavy atom. The number of aromatic nitrogens is 4. The summed E-state index contributed by atoms with van der Waals surface area (Å²) in [4.78, 5) is 25.8. The summed E-state index contributed by atoms with van der Waals surface area (Å²) >= 11 is 6.46. The van der Waals surface area contributed by atoms with E-state index in [1.807, 2.05) is 6.07 Å². The first-order valence-electron chi connectivity index (χ1n) is 9.70. The van der Waals surface area contributed by atoms with Crippen molar-refractivity contribution in [3.05, 3.63) is 23.5 Å². The predicted octanol–water partition coefficient (Wildman–Crippen LogP) is 2.68. The molecule has 0 radical (unpaired) electrons. The maximum Gasteiger partial charge on any atom is 0.230 e. The van der Waals surface area contributed by atoms with Gasteiger partial charge in [-0.3, -0.25) is 9.89 Å². The van der Waals surface area contributed by atoms with Gasteiger partial charge in [0, 0.05) is 49.0 Å². The Morgan fingerprint density at radius 1 is 1.25 bits per heavy atom. The van der Waals surface area contributed by atoms with E-state index in [-0.39, 0.29) is 16.7 Å². The molecular formula is C19H24ClN7O. The zero-order chi connectivity index (χ0) is 19.5. The molecule has 2 aromatic rings. The molecule has 2 aliphatic heterocycles. The minimum Gasteiger partial charge on any atom is -0.354 e. The largest absolute Gasteiger partial charge is 0.354 e. The van der Waals surface area contributed by atoms with E-state index in [4.69, 9.17) is 11.6 Å². The fourth-order valence-corrected chi connectivity index (χ4v) is 4.85. The van der Waals surface area contributed by atoms with Gasteiger partial charge < -0.3 is 15.1 Å². The molecule has 5 rings (SSSR count). The van der Waals surface area contributed by atoms with Gasteiger partial charge in [-0.05, 0) is 12.8 Å². The van der Waals surface area contributed by atoms with E-state index in [1.165, 1.54) is 0 Å². The monoisotopic (exact) mass is 401 g/mol. The van der Waals surface area contributed by atoms with Gasteiger partial charge in [-0.15, -0.1) is 0 Å². The van der Waals surface area contributed by atoms with Crippen LogP contribution in [0.4, 0.5) is 17.6 Å². The van der Waals surface area contributed by atoms with E-state index >= 15 is 0 Å². The lowest BCUT2D eigenvalue weighted by Gasteiger charge is -2.29. The topological polar surface area (TPSA) is 90.0 Å². The van der Waals surface area contributed by atoms with Crippen molar-refractivity contribution in [2.75, 3.05) is 36.4 Å². The average Bonchev–Trinajstić information content (AvgIpc) is 3.23. The summed E-state index contributed by atoms with van der Waals surface area (Å²) in [5.74, 6) is 2.54. The minimum absolute atomic E-state index is 0.0167. The van der Waals surface area contributed by atoms with Gasteiger partial charge in [0.15, 0.2) is 5.82 Å². The van der Waals surface area contributed by atoms with Crippen molar-refractivity contribution in [1.82, 2.24) is 25.1 Å². The second kappa shape index (κ2) is 6.07. The number of anilines is 3. The molecule has 1 amide bonds. The highest BCUT2D eigenvalue weighted by atomic mass is 35.5. The molecule has 3 aliphatic rings. The Bertz CT molecular complexity index is 895. The highest BCUT2D eigenvalue weighted by Crippen LogP contribution is 2.53. The number of nitrogens with one attached hydrogen (secondary N) is 2. The molecule has 1 aliphatic carbocycles. The van der Waals surface area contributed by atoms with Crippen molar-refractivity contribution >= 4 is 35.1 Å². The molecule has 3 fully saturated rings. The maximum absolute atomic E-state index is 12.6. The van der Waals surface area contributed by atoms with Gasteiger partial charge in [-0.2, -0.15) is 10.1 Å². The van der Waals surface area contributed by atoms with E-state index < -0.39 is 0 Å². The molecule has 1 saturated carbocycles. The number of amides is 1. The number of likely N-dealkylation sites (tertiary alicyclic amines) is 1. The second-order valence-electron chi connectivity index (χ2n) is 8.91. The van der Waals surface area contributed by atoms with Crippen molar-refractivity contribution in [2.45, 2.75) is 26.7 Å². The van der Waals surface area contributed by atoms with Crippen molar-refractivity contribution in [3.8, 4) is 0 Å². The zero-order valence-electron chi connectivity index (χ0n) is 16.1. The minimum atomic E-state index is 0.0167. The van der Waals surface area contributed by atoms with Crippen LogP contribution in [0.3, 0.4) is 0 Å². The average molecular weight is 402 g/mol. The molecule has 8 nitrogen and oxygen atoms in total. The number of rotatable bonds is 4. The number of aromatic amines is 1. The van der Waals surface area contributed by atoms with Gasteiger partial charge in [0.2, 0.25) is 11.9 Å². The maximum atomic E-state index is 12.6. The summed E-state index contributed by atoms with van der Waals surface area (Å²) in [6.07, 6.45) is 5.40. The van der Waals surface area contributed by atoms with Crippen LogP contribution in [0, 0.1) is 16.7 Å². The lowest BCUT2D eigenvalue weighted by Crippen LogP contribution is -2.36. The van der Waals surface area contributed by atoms with Gasteiger partial charge in [-0.1, -0.05) is 25.4 Å². The number of nitrogens with zero attached hydrogens (tertiary/aromatic N) is 5. The van der Waals surface area contributed by atoms with Crippen molar-refractivity contribution < 1.29 is 4.79 Å². The van der Waals surface area contributed by atoms with Gasteiger partial charge >= 0.3 is 0 Å². The first-order valence-corrected chi connectivity index (χ1v) is 10.1. The van der Waals surface area contributed by atoms with Crippen LogP contribution in [-0.4, -0.2) is 57.2 Å². The Kier molecular flexibility index (Phi) is 3.84. The molecule has 4 heterocycles. The first-order chi connectivity index (χ1) is 13.4. The lowest BCUT2D eigenvalue weighted by molar-refractivity contribution is -0.132. The quantitative estimate of drug-likeness (QED) is 0.818. The molecule has 2 saturated heterocycles. The lowest BCUT2D eigenvalue weighted by atomic mass is 9.71. The van der Waals surface area contributed by atoms with E-state index in [0.29, 0.717) is 16.9 Å². The fraction of sp³-hybridized carbons (Fsp3) is 0.579. The van der Waals surface area contributed by atoms with Gasteiger partial charge in [0.05, 0.1) is 12.4 Å². The Morgan fingerprint density at radius 2 is 1.96 bits per heavy atom. The molecule has 148 valence electrons. The number of hydrogen-bond acceptors (Lipinski definition) is 6. The summed E-state index contributed by atoms with van der Waals surface area (Å²) in [6.45, 7) is 7.81. The molecule has 2 N–H and O–H groups in total. The highest BCUT2D eigenvalue weighted by molar-refractivity contribution is 6.32. The first kappa shape index (κ1) is 17.7. The summed E-state index contributed by atoms with van der Waals surface area (Å²) in [5.41, 5.74) is 0.0333. The van der Waals surface area contributed by atoms with Gasteiger partial charge in [0.1, 0.15) is 10.8 Å². The molecule has 0 bridgehead atoms. The number of H-pyrrole nitrogens is 1. The van der Waals surface area contributed by atoms with Crippen molar-refractivity contribution in [3.63, 3.8) is 0 Å². The third-order valence-corrected chi connectivity index (χ3v) is 6.89. The van der Waals surface area contributed by atoms with Crippen LogP contribution in [-0.2, 0) is 4.79 Å². The van der Waals surface area contributed by atoms with Gasteiger partial charge in [-0.25, -0.2) is 4.98 Å². The number of carbonyl (C=O) groups is 1. The SMILES string of the molecule is C[C@@]12CN(C(=O)C3CC3)C[C@]1(C)CN(c1nc(Nc3ccn[nH]3)ncc1Cl)C2. The smallest absolute Gasteiger partial charge is 0.230 e. The predicted molar refractivity (Wildman–Crippen MR) is 107 cm³/mol. The second-order valence-corrected chi connectivity index (χ2v) is 9.31. The molecule has 2 atom stereocenters. The van der Waals surface area contributed by atoms with E-state index in [2.05, 4.69) is 49.1 Å². The van der Waals surface area contributed by atoms with Crippen LogP contribution in [0.25, 0.3) is 0 Å². The van der Waals surface area contributed by atoms with Crippen molar-refractivity contribution in [2.24, 2.45) is 16.7 Å². The molecule has 28 heavy (non-hydrogen) atoms. The summed E-state index contributed by atoms with van der Waals surface area (Å²) < 4.78 is 0. The van der Waals surface area contributed by atoms with Crippen LogP contribution in [0.5, 0.6) is 0 Å².